The number of unbranched alkanes of at least 4 members (excludes halogenated alkanes) is 1. The van der Waals surface area contributed by atoms with Crippen molar-refractivity contribution in [1.82, 2.24) is 15.1 Å². The third kappa shape index (κ3) is 11.2. The van der Waals surface area contributed by atoms with Crippen LogP contribution in [-0.2, 0) is 11.2 Å². The van der Waals surface area contributed by atoms with Crippen LogP contribution in [0, 0.1) is 0 Å². The van der Waals surface area contributed by atoms with Gasteiger partial charge in [0.25, 0.3) is 5.92 Å². The zero-order chi connectivity index (χ0) is 32.9. The predicted octanol–water partition coefficient (Wildman–Crippen LogP) is 7.89. The molecule has 1 aliphatic rings. The highest BCUT2D eigenvalue weighted by molar-refractivity contribution is 5.94. The number of alkyl halides is 5. The van der Waals surface area contributed by atoms with E-state index in [1.807, 2.05) is 27.7 Å². The van der Waals surface area contributed by atoms with Crippen LogP contribution in [0.4, 0.5) is 27.6 Å². The van der Waals surface area contributed by atoms with E-state index in [0.717, 1.165) is 18.2 Å². The molecule has 1 fully saturated rings. The van der Waals surface area contributed by atoms with E-state index in [4.69, 9.17) is 0 Å². The largest absolute Gasteiger partial charge is 0.419 e. The van der Waals surface area contributed by atoms with Crippen molar-refractivity contribution >= 4 is 17.4 Å². The Morgan fingerprint density at radius 1 is 1.18 bits per heavy atom. The second kappa shape index (κ2) is 17.5. The van der Waals surface area contributed by atoms with Crippen LogP contribution >= 0.6 is 0 Å². The van der Waals surface area contributed by atoms with Gasteiger partial charge in [0.05, 0.1) is 18.0 Å². The van der Waals surface area contributed by atoms with E-state index in [-0.39, 0.29) is 30.5 Å². The fraction of sp³-hybridized carbons (Fsp3) is 0.636. The number of nitrogens with zero attached hydrogens (tertiary/aromatic N) is 3. The number of anilines is 1. The van der Waals surface area contributed by atoms with Crippen molar-refractivity contribution < 1.29 is 26.7 Å². The quantitative estimate of drug-likeness (QED) is 0.0683. The third-order valence-corrected chi connectivity index (χ3v) is 7.76. The molecule has 1 aliphatic heterocycles. The molecule has 0 aliphatic carbocycles. The first-order chi connectivity index (χ1) is 20.8. The average molecular weight is 628 g/mol. The number of carbonyl (C=O) groups excluding carboxylic acids is 1. The van der Waals surface area contributed by atoms with E-state index in [1.54, 1.807) is 42.0 Å². The molecule has 1 amide bonds. The second-order valence-electron chi connectivity index (χ2n) is 11.4. The zero-order valence-electron chi connectivity index (χ0n) is 27.1. The number of amides is 1. The lowest BCUT2D eigenvalue weighted by Crippen LogP contribution is -2.45. The topological polar surface area (TPSA) is 60.0 Å². The maximum Gasteiger partial charge on any atom is 0.419 e. The summed E-state index contributed by atoms with van der Waals surface area (Å²) in [4.78, 5) is 19.7. The fourth-order valence-corrected chi connectivity index (χ4v) is 5.34. The molecule has 0 radical (unpaired) electrons. The van der Waals surface area contributed by atoms with Crippen LogP contribution in [0.3, 0.4) is 0 Å². The lowest BCUT2D eigenvalue weighted by atomic mass is 9.85. The fourth-order valence-electron chi connectivity index (χ4n) is 5.34. The van der Waals surface area contributed by atoms with Gasteiger partial charge in [-0.05, 0) is 76.7 Å². The minimum atomic E-state index is -4.65. The van der Waals surface area contributed by atoms with Gasteiger partial charge < -0.3 is 20.4 Å². The summed E-state index contributed by atoms with van der Waals surface area (Å²) in [5.74, 6) is -3.44. The monoisotopic (exact) mass is 627 g/mol. The standard InChI is InChI=1S/C33H50F5N5O/c1-7-11-14-30(39-18-12-19-43(10-4)31(44)13-8-2)28(33(36,37)38)22-40-24(5)41-29-16-15-26(21-25(29)9-3)27-17-20-42(6)23-32(27,34)35/h14-16,21-22,27,39H,7-13,17-20,23H2,1-6H3,(H,40,41)/b28-22+,30-14-. The lowest BCUT2D eigenvalue weighted by Gasteiger charge is -2.37. The predicted molar refractivity (Wildman–Crippen MR) is 169 cm³/mol. The van der Waals surface area contributed by atoms with Crippen LogP contribution < -0.4 is 10.6 Å². The van der Waals surface area contributed by atoms with Crippen molar-refractivity contribution in [2.45, 2.75) is 97.6 Å². The van der Waals surface area contributed by atoms with Crippen LogP contribution in [0.15, 0.2) is 46.7 Å². The minimum absolute atomic E-state index is 0.0449. The van der Waals surface area contributed by atoms with Crippen LogP contribution in [0.1, 0.15) is 90.2 Å². The van der Waals surface area contributed by atoms with Gasteiger partial charge in [0.2, 0.25) is 5.91 Å². The molecule has 1 aromatic rings. The molecule has 2 N–H and O–H groups in total. The molecule has 1 atom stereocenters. The summed E-state index contributed by atoms with van der Waals surface area (Å²) in [6, 6.07) is 5.14. The number of aliphatic imine (C=N–C) groups is 1. The summed E-state index contributed by atoms with van der Waals surface area (Å²) in [6.07, 6.45) is 1.42. The van der Waals surface area contributed by atoms with Crippen molar-refractivity contribution in [3.63, 3.8) is 0 Å². The summed E-state index contributed by atoms with van der Waals surface area (Å²) >= 11 is 0. The van der Waals surface area contributed by atoms with E-state index in [2.05, 4.69) is 15.6 Å². The molecule has 44 heavy (non-hydrogen) atoms. The van der Waals surface area contributed by atoms with Crippen molar-refractivity contribution in [3.05, 3.63) is 52.9 Å². The molecule has 6 nitrogen and oxygen atoms in total. The lowest BCUT2D eigenvalue weighted by molar-refractivity contribution is -0.131. The third-order valence-electron chi connectivity index (χ3n) is 7.76. The Balaban J connectivity index is 2.23. The molecule has 0 aromatic heterocycles. The Morgan fingerprint density at radius 2 is 1.91 bits per heavy atom. The van der Waals surface area contributed by atoms with E-state index in [9.17, 15) is 26.7 Å². The molecule has 11 heteroatoms. The molecule has 1 heterocycles. The molecule has 0 saturated carbocycles. The van der Waals surface area contributed by atoms with Crippen molar-refractivity contribution in [2.75, 3.05) is 45.1 Å². The van der Waals surface area contributed by atoms with Gasteiger partial charge in [0.15, 0.2) is 0 Å². The van der Waals surface area contributed by atoms with Gasteiger partial charge in [-0.25, -0.2) is 13.8 Å². The molecule has 1 saturated heterocycles. The Labute approximate surface area is 259 Å². The van der Waals surface area contributed by atoms with E-state index < -0.39 is 23.6 Å². The number of aryl methyl sites for hydroxylation is 1. The highest BCUT2D eigenvalue weighted by Crippen LogP contribution is 2.41. The van der Waals surface area contributed by atoms with Gasteiger partial charge in [-0.15, -0.1) is 0 Å². The molecule has 0 bridgehead atoms. The molecular weight excluding hydrogens is 577 g/mol. The smallest absolute Gasteiger partial charge is 0.385 e. The number of nitrogens with one attached hydrogen (secondary N) is 2. The normalized spacial score (nSPS) is 18.3. The van der Waals surface area contributed by atoms with Gasteiger partial charge in [0, 0.05) is 43.6 Å². The minimum Gasteiger partial charge on any atom is -0.385 e. The number of hydrogen-bond acceptors (Lipinski definition) is 4. The number of halogens is 5. The van der Waals surface area contributed by atoms with E-state index >= 15 is 0 Å². The number of benzene rings is 1. The summed E-state index contributed by atoms with van der Waals surface area (Å²) in [5, 5.41) is 6.00. The first-order valence-corrected chi connectivity index (χ1v) is 15.8. The highest BCUT2D eigenvalue weighted by Gasteiger charge is 2.44. The summed E-state index contributed by atoms with van der Waals surface area (Å²) < 4.78 is 72.2. The molecular formula is C33H50F5N5O. The number of carbonyl (C=O) groups is 1. The van der Waals surface area contributed by atoms with Crippen molar-refractivity contribution in [3.8, 4) is 0 Å². The number of amidine groups is 1. The summed E-state index contributed by atoms with van der Waals surface area (Å²) in [6.45, 7) is 10.8. The molecule has 1 aromatic carbocycles. The average Bonchev–Trinajstić information content (AvgIpc) is 2.94. The van der Waals surface area contributed by atoms with Crippen LogP contribution in [0.2, 0.25) is 0 Å². The van der Waals surface area contributed by atoms with Gasteiger partial charge in [0.1, 0.15) is 5.84 Å². The Morgan fingerprint density at radius 3 is 2.50 bits per heavy atom. The first-order valence-electron chi connectivity index (χ1n) is 15.8. The summed E-state index contributed by atoms with van der Waals surface area (Å²) in [7, 11) is 1.69. The van der Waals surface area contributed by atoms with Gasteiger partial charge >= 0.3 is 6.18 Å². The number of likely N-dealkylation sites (tertiary alicyclic amines) is 1. The Hall–Kier alpha value is -2.95. The first kappa shape index (κ1) is 37.2. The molecule has 1 unspecified atom stereocenters. The highest BCUT2D eigenvalue weighted by atomic mass is 19.4. The van der Waals surface area contributed by atoms with Gasteiger partial charge in [-0.3, -0.25) is 4.79 Å². The molecule has 248 valence electrons. The number of hydrogen-bond donors (Lipinski definition) is 2. The summed E-state index contributed by atoms with van der Waals surface area (Å²) in [5.41, 5.74) is 1.03. The van der Waals surface area contributed by atoms with Gasteiger partial charge in [-0.2, -0.15) is 13.2 Å². The maximum atomic E-state index is 14.8. The number of allylic oxidation sites excluding steroid dienone is 2. The number of rotatable bonds is 15. The zero-order valence-corrected chi connectivity index (χ0v) is 27.1. The second-order valence-corrected chi connectivity index (χ2v) is 11.4. The molecule has 2 rings (SSSR count). The maximum absolute atomic E-state index is 14.8. The van der Waals surface area contributed by atoms with Crippen LogP contribution in [-0.4, -0.2) is 73.4 Å². The van der Waals surface area contributed by atoms with Gasteiger partial charge in [-0.1, -0.05) is 45.4 Å². The molecule has 0 spiro atoms. The van der Waals surface area contributed by atoms with Crippen LogP contribution in [0.5, 0.6) is 0 Å². The number of piperidine rings is 1. The van der Waals surface area contributed by atoms with Crippen molar-refractivity contribution in [1.29, 1.82) is 0 Å². The van der Waals surface area contributed by atoms with E-state index in [0.29, 0.717) is 69.4 Å². The Kier molecular flexibility index (Phi) is 14.8. The van der Waals surface area contributed by atoms with Crippen molar-refractivity contribution in [2.24, 2.45) is 4.99 Å². The Bertz CT molecular complexity index is 1160. The SMILES string of the molecule is CCC/C=C(NCCCN(CC)C(=O)CCC)/C(=C\N=C(C)Nc1ccc(C2CCN(C)CC2(F)F)cc1CC)C(F)(F)F. The van der Waals surface area contributed by atoms with Crippen LogP contribution in [0.25, 0.3) is 0 Å². The van der Waals surface area contributed by atoms with E-state index in [1.165, 1.54) is 6.08 Å².